The zero-order valence-corrected chi connectivity index (χ0v) is 14.3. The Labute approximate surface area is 147 Å². The van der Waals surface area contributed by atoms with Gasteiger partial charge in [0.1, 0.15) is 0 Å². The molecule has 1 aliphatic heterocycles. The molecule has 0 radical (unpaired) electrons. The second-order valence-corrected chi connectivity index (χ2v) is 6.28. The maximum absolute atomic E-state index is 12.3. The third kappa shape index (κ3) is 3.88. The summed E-state index contributed by atoms with van der Waals surface area (Å²) in [5.74, 6) is -0.0843. The largest absolute Gasteiger partial charge is 0.392 e. The van der Waals surface area contributed by atoms with Gasteiger partial charge in [-0.05, 0) is 42.2 Å². The molecular weight excluding hydrogens is 316 g/mol. The summed E-state index contributed by atoms with van der Waals surface area (Å²) in [5, 5.41) is 12.1. The summed E-state index contributed by atoms with van der Waals surface area (Å²) in [6.07, 6.45) is 1.46. The Kier molecular flexibility index (Phi) is 5.14. The van der Waals surface area contributed by atoms with Gasteiger partial charge in [-0.1, -0.05) is 30.3 Å². The lowest BCUT2D eigenvalue weighted by Gasteiger charge is -2.29. The Morgan fingerprint density at radius 3 is 2.80 bits per heavy atom. The molecule has 5 heteroatoms. The normalized spacial score (nSPS) is 13.5. The first kappa shape index (κ1) is 17.2. The van der Waals surface area contributed by atoms with Gasteiger partial charge in [0.15, 0.2) is 0 Å². The highest BCUT2D eigenvalue weighted by atomic mass is 16.3. The maximum Gasteiger partial charge on any atom is 0.227 e. The van der Waals surface area contributed by atoms with Crippen LogP contribution in [0.5, 0.6) is 0 Å². The van der Waals surface area contributed by atoms with E-state index in [2.05, 4.69) is 5.32 Å². The molecule has 25 heavy (non-hydrogen) atoms. The van der Waals surface area contributed by atoms with Crippen molar-refractivity contribution in [2.45, 2.75) is 32.8 Å². The molecule has 0 unspecified atom stereocenters. The number of hydrogen-bond donors (Lipinski definition) is 2. The van der Waals surface area contributed by atoms with Crippen LogP contribution in [0.2, 0.25) is 0 Å². The van der Waals surface area contributed by atoms with Gasteiger partial charge in [-0.25, -0.2) is 0 Å². The number of anilines is 2. The molecule has 2 aromatic rings. The highest BCUT2D eigenvalue weighted by Gasteiger charge is 2.24. The minimum absolute atomic E-state index is 0.0601. The molecule has 2 N–H and O–H groups in total. The van der Waals surface area contributed by atoms with Gasteiger partial charge >= 0.3 is 0 Å². The van der Waals surface area contributed by atoms with Crippen LogP contribution in [0.3, 0.4) is 0 Å². The highest BCUT2D eigenvalue weighted by molar-refractivity contribution is 5.98. The van der Waals surface area contributed by atoms with E-state index in [1.165, 1.54) is 0 Å². The van der Waals surface area contributed by atoms with Crippen LogP contribution in [0, 0.1) is 6.92 Å². The van der Waals surface area contributed by atoms with E-state index in [-0.39, 0.29) is 24.8 Å². The minimum atomic E-state index is -0.144. The third-order valence-corrected chi connectivity index (χ3v) is 4.51. The van der Waals surface area contributed by atoms with Crippen LogP contribution in [0.15, 0.2) is 42.5 Å². The summed E-state index contributed by atoms with van der Waals surface area (Å²) in [5.41, 5.74) is 4.44. The number of aliphatic hydroxyl groups is 1. The van der Waals surface area contributed by atoms with E-state index in [1.54, 1.807) is 11.0 Å². The van der Waals surface area contributed by atoms with Crippen molar-refractivity contribution in [3.05, 3.63) is 59.2 Å². The molecule has 5 nitrogen and oxygen atoms in total. The fourth-order valence-corrected chi connectivity index (χ4v) is 3.07. The van der Waals surface area contributed by atoms with Crippen molar-refractivity contribution in [2.24, 2.45) is 0 Å². The molecule has 1 heterocycles. The maximum atomic E-state index is 12.3. The van der Waals surface area contributed by atoms with Crippen molar-refractivity contribution < 1.29 is 14.7 Å². The topological polar surface area (TPSA) is 69.6 Å². The van der Waals surface area contributed by atoms with E-state index >= 15 is 0 Å². The number of aryl methyl sites for hydroxylation is 2. The summed E-state index contributed by atoms with van der Waals surface area (Å²) in [6, 6.07) is 13.3. The molecule has 0 aliphatic carbocycles. The Morgan fingerprint density at radius 2 is 2.00 bits per heavy atom. The Morgan fingerprint density at radius 1 is 1.20 bits per heavy atom. The highest BCUT2D eigenvalue weighted by Crippen LogP contribution is 2.27. The van der Waals surface area contributed by atoms with Gasteiger partial charge in [0.25, 0.3) is 0 Å². The SMILES string of the molecule is Cc1ccc(CO)cc1NC(=O)CCN1C(=O)CCc2ccccc21. The average molecular weight is 338 g/mol. The lowest BCUT2D eigenvalue weighted by atomic mass is 10.0. The number of carbonyl (C=O) groups is 2. The fourth-order valence-electron chi connectivity index (χ4n) is 3.07. The molecule has 130 valence electrons. The first-order valence-electron chi connectivity index (χ1n) is 8.47. The molecule has 0 atom stereocenters. The molecule has 0 spiro atoms. The molecule has 0 saturated heterocycles. The second kappa shape index (κ2) is 7.49. The third-order valence-electron chi connectivity index (χ3n) is 4.51. The van der Waals surface area contributed by atoms with Crippen LogP contribution in [0.1, 0.15) is 29.5 Å². The average Bonchev–Trinajstić information content (AvgIpc) is 2.62. The fraction of sp³-hybridized carbons (Fsp3) is 0.300. The lowest BCUT2D eigenvalue weighted by molar-refractivity contribution is -0.119. The molecule has 1 aliphatic rings. The van der Waals surface area contributed by atoms with Crippen molar-refractivity contribution in [2.75, 3.05) is 16.8 Å². The number of amides is 2. The molecule has 3 rings (SSSR count). The Hall–Kier alpha value is -2.66. The lowest BCUT2D eigenvalue weighted by Crippen LogP contribution is -2.37. The van der Waals surface area contributed by atoms with Gasteiger partial charge in [-0.2, -0.15) is 0 Å². The van der Waals surface area contributed by atoms with E-state index < -0.39 is 0 Å². The number of aliphatic hydroxyl groups excluding tert-OH is 1. The molecule has 0 aromatic heterocycles. The van der Waals surface area contributed by atoms with E-state index in [0.717, 1.165) is 28.8 Å². The summed E-state index contributed by atoms with van der Waals surface area (Å²) in [7, 11) is 0. The quantitative estimate of drug-likeness (QED) is 0.881. The Bertz CT molecular complexity index is 801. The van der Waals surface area contributed by atoms with Gasteiger partial charge in [0.2, 0.25) is 11.8 Å². The van der Waals surface area contributed by atoms with Crippen LogP contribution in [-0.2, 0) is 22.6 Å². The smallest absolute Gasteiger partial charge is 0.227 e. The van der Waals surface area contributed by atoms with Crippen molar-refractivity contribution in [1.82, 2.24) is 0 Å². The number of carbonyl (C=O) groups excluding carboxylic acids is 2. The van der Waals surface area contributed by atoms with Crippen LogP contribution < -0.4 is 10.2 Å². The minimum Gasteiger partial charge on any atom is -0.392 e. The number of benzene rings is 2. The molecule has 0 saturated carbocycles. The zero-order chi connectivity index (χ0) is 17.8. The first-order valence-corrected chi connectivity index (χ1v) is 8.47. The number of hydrogen-bond acceptors (Lipinski definition) is 3. The first-order chi connectivity index (χ1) is 12.1. The number of nitrogens with one attached hydrogen (secondary N) is 1. The molecule has 0 bridgehead atoms. The van der Waals surface area contributed by atoms with Crippen molar-refractivity contribution >= 4 is 23.2 Å². The molecule has 2 amide bonds. The van der Waals surface area contributed by atoms with Crippen LogP contribution >= 0.6 is 0 Å². The number of rotatable bonds is 5. The monoisotopic (exact) mass is 338 g/mol. The van der Waals surface area contributed by atoms with Gasteiger partial charge in [0, 0.05) is 30.8 Å². The van der Waals surface area contributed by atoms with Crippen LogP contribution in [0.25, 0.3) is 0 Å². The van der Waals surface area contributed by atoms with Crippen LogP contribution in [0.4, 0.5) is 11.4 Å². The standard InChI is InChI=1S/C20H22N2O3/c1-14-6-7-15(13-23)12-17(14)21-19(24)10-11-22-18-5-3-2-4-16(18)8-9-20(22)25/h2-7,12,23H,8-11,13H2,1H3,(H,21,24). The van der Waals surface area contributed by atoms with E-state index in [4.69, 9.17) is 0 Å². The van der Waals surface area contributed by atoms with Crippen molar-refractivity contribution in [1.29, 1.82) is 0 Å². The van der Waals surface area contributed by atoms with Crippen molar-refractivity contribution in [3.63, 3.8) is 0 Å². The van der Waals surface area contributed by atoms with Crippen LogP contribution in [-0.4, -0.2) is 23.5 Å². The van der Waals surface area contributed by atoms with Crippen molar-refractivity contribution in [3.8, 4) is 0 Å². The number of fused-ring (bicyclic) bond motifs is 1. The summed E-state index contributed by atoms with van der Waals surface area (Å²) >= 11 is 0. The van der Waals surface area contributed by atoms with E-state index in [0.29, 0.717) is 18.7 Å². The van der Waals surface area contributed by atoms with Gasteiger partial charge in [-0.3, -0.25) is 9.59 Å². The van der Waals surface area contributed by atoms with Gasteiger partial charge in [0.05, 0.1) is 6.61 Å². The van der Waals surface area contributed by atoms with E-state index in [9.17, 15) is 14.7 Å². The predicted molar refractivity (Wildman–Crippen MR) is 97.5 cm³/mol. The zero-order valence-electron chi connectivity index (χ0n) is 14.3. The van der Waals surface area contributed by atoms with Gasteiger partial charge in [-0.15, -0.1) is 0 Å². The number of nitrogens with zero attached hydrogens (tertiary/aromatic N) is 1. The molecular formula is C20H22N2O3. The molecule has 2 aromatic carbocycles. The number of para-hydroxylation sites is 1. The summed E-state index contributed by atoms with van der Waals surface area (Å²) in [4.78, 5) is 26.2. The van der Waals surface area contributed by atoms with Gasteiger partial charge < -0.3 is 15.3 Å². The van der Waals surface area contributed by atoms with E-state index in [1.807, 2.05) is 43.3 Å². The predicted octanol–water partition coefficient (Wildman–Crippen LogP) is 2.80. The Balaban J connectivity index is 1.66. The molecule has 0 fully saturated rings. The summed E-state index contributed by atoms with van der Waals surface area (Å²) in [6.45, 7) is 2.20. The second-order valence-electron chi connectivity index (χ2n) is 6.28. The summed E-state index contributed by atoms with van der Waals surface area (Å²) < 4.78 is 0.